The molecular weight excluding hydrogens is 280 g/mol. The molecule has 0 bridgehead atoms. The molecular formula is C13H22N2O4S. The number of carbonyl (C=O) groups is 1. The highest BCUT2D eigenvalue weighted by Gasteiger charge is 2.43. The van der Waals surface area contributed by atoms with E-state index in [2.05, 4.69) is 10.2 Å². The third-order valence-corrected chi connectivity index (χ3v) is 6.20. The topological polar surface area (TPSA) is 75.7 Å². The van der Waals surface area contributed by atoms with Crippen LogP contribution in [-0.4, -0.2) is 68.6 Å². The lowest BCUT2D eigenvalue weighted by molar-refractivity contribution is -0.131. The fraction of sp³-hybridized carbons (Fsp3) is 0.923. The summed E-state index contributed by atoms with van der Waals surface area (Å²) in [5.74, 6) is 0.0876. The Kier molecular flexibility index (Phi) is 4.01. The zero-order chi connectivity index (χ0) is 14.2. The molecule has 0 spiro atoms. The van der Waals surface area contributed by atoms with Gasteiger partial charge in [0.1, 0.15) is 6.10 Å². The number of ether oxygens (including phenoxy) is 1. The first-order chi connectivity index (χ1) is 9.55. The lowest BCUT2D eigenvalue weighted by Crippen LogP contribution is -2.52. The molecule has 1 N–H and O–H groups in total. The molecule has 20 heavy (non-hydrogen) atoms. The van der Waals surface area contributed by atoms with E-state index in [9.17, 15) is 13.2 Å². The second kappa shape index (κ2) is 5.61. The Labute approximate surface area is 119 Å². The number of rotatable bonds is 3. The van der Waals surface area contributed by atoms with Gasteiger partial charge in [0.25, 0.3) is 0 Å². The number of likely N-dealkylation sites (tertiary alicyclic amines) is 1. The largest absolute Gasteiger partial charge is 0.368 e. The van der Waals surface area contributed by atoms with E-state index in [1.807, 2.05) is 0 Å². The van der Waals surface area contributed by atoms with Crippen molar-refractivity contribution in [1.82, 2.24) is 10.2 Å². The predicted octanol–water partition coefficient (Wildman–Crippen LogP) is -0.457. The lowest BCUT2D eigenvalue weighted by Gasteiger charge is -2.28. The van der Waals surface area contributed by atoms with Crippen molar-refractivity contribution < 1.29 is 17.9 Å². The molecule has 0 radical (unpaired) electrons. The second-order valence-electron chi connectivity index (χ2n) is 6.00. The zero-order valence-corrected chi connectivity index (χ0v) is 12.4. The van der Waals surface area contributed by atoms with Gasteiger partial charge in [0.2, 0.25) is 5.91 Å². The van der Waals surface area contributed by atoms with Gasteiger partial charge in [-0.25, -0.2) is 8.42 Å². The van der Waals surface area contributed by atoms with E-state index < -0.39 is 15.9 Å². The highest BCUT2D eigenvalue weighted by Crippen LogP contribution is 2.23. The van der Waals surface area contributed by atoms with Gasteiger partial charge in [0, 0.05) is 12.6 Å². The normalized spacial score (nSPS) is 37.3. The minimum atomic E-state index is -3.05. The molecule has 0 aromatic rings. The van der Waals surface area contributed by atoms with E-state index in [0.717, 1.165) is 38.8 Å². The third-order valence-electron chi connectivity index (χ3n) is 4.48. The van der Waals surface area contributed by atoms with Crippen molar-refractivity contribution >= 4 is 15.7 Å². The summed E-state index contributed by atoms with van der Waals surface area (Å²) >= 11 is 0. The zero-order valence-electron chi connectivity index (χ0n) is 11.6. The van der Waals surface area contributed by atoms with Gasteiger partial charge >= 0.3 is 0 Å². The summed E-state index contributed by atoms with van der Waals surface area (Å²) in [5, 5.41) is 2.92. The first-order valence-electron chi connectivity index (χ1n) is 7.42. The van der Waals surface area contributed by atoms with Gasteiger partial charge in [0.15, 0.2) is 9.84 Å². The van der Waals surface area contributed by atoms with E-state index in [4.69, 9.17) is 4.74 Å². The molecule has 3 aliphatic rings. The minimum Gasteiger partial charge on any atom is -0.368 e. The third kappa shape index (κ3) is 2.99. The van der Waals surface area contributed by atoms with Gasteiger partial charge in [-0.1, -0.05) is 0 Å². The molecule has 0 aliphatic carbocycles. The maximum Gasteiger partial charge on any atom is 0.249 e. The Balaban J connectivity index is 1.67. The van der Waals surface area contributed by atoms with Crippen LogP contribution in [0.25, 0.3) is 0 Å². The maximum absolute atomic E-state index is 12.1. The van der Waals surface area contributed by atoms with Gasteiger partial charge in [-0.15, -0.1) is 0 Å². The van der Waals surface area contributed by atoms with Gasteiger partial charge < -0.3 is 10.1 Å². The van der Waals surface area contributed by atoms with Crippen molar-refractivity contribution in [3.63, 3.8) is 0 Å². The Morgan fingerprint density at radius 2 is 1.90 bits per heavy atom. The molecule has 0 aromatic heterocycles. The van der Waals surface area contributed by atoms with E-state index in [0.29, 0.717) is 6.61 Å². The van der Waals surface area contributed by atoms with Gasteiger partial charge in [-0.2, -0.15) is 0 Å². The Bertz CT molecular complexity index is 467. The van der Waals surface area contributed by atoms with Crippen LogP contribution in [0.5, 0.6) is 0 Å². The van der Waals surface area contributed by atoms with E-state index >= 15 is 0 Å². The molecule has 6 nitrogen and oxygen atoms in total. The van der Waals surface area contributed by atoms with Crippen LogP contribution in [0.3, 0.4) is 0 Å². The highest BCUT2D eigenvalue weighted by molar-refractivity contribution is 7.91. The maximum atomic E-state index is 12.1. The number of hydrogen-bond acceptors (Lipinski definition) is 5. The summed E-state index contributed by atoms with van der Waals surface area (Å²) in [6, 6.07) is -0.345. The molecule has 3 heterocycles. The molecule has 0 aromatic carbocycles. The van der Waals surface area contributed by atoms with Crippen molar-refractivity contribution in [1.29, 1.82) is 0 Å². The van der Waals surface area contributed by atoms with E-state index in [1.54, 1.807) is 0 Å². The molecule has 3 aliphatic heterocycles. The fourth-order valence-electron chi connectivity index (χ4n) is 3.46. The van der Waals surface area contributed by atoms with Crippen LogP contribution in [0.1, 0.15) is 25.7 Å². The van der Waals surface area contributed by atoms with Crippen molar-refractivity contribution in [2.45, 2.75) is 43.9 Å². The Hall–Kier alpha value is -0.660. The number of nitrogens with one attached hydrogen (secondary N) is 1. The summed E-state index contributed by atoms with van der Waals surface area (Å²) in [5.41, 5.74) is 0. The molecule has 0 saturated carbocycles. The van der Waals surface area contributed by atoms with Crippen molar-refractivity contribution in [2.24, 2.45) is 0 Å². The standard InChI is InChI=1S/C13H22N2O4S/c16-13(12-4-3-7-19-12)14-10-8-20(17,18)9-11(10)15-5-1-2-6-15/h10-12H,1-9H2,(H,14,16)/t10-,11-,12+/m1/s1. The van der Waals surface area contributed by atoms with E-state index in [-0.39, 0.29) is 29.5 Å². The molecule has 0 unspecified atom stereocenters. The van der Waals surface area contributed by atoms with Gasteiger partial charge in [-0.3, -0.25) is 9.69 Å². The summed E-state index contributed by atoms with van der Waals surface area (Å²) in [7, 11) is -3.05. The summed E-state index contributed by atoms with van der Waals surface area (Å²) in [4.78, 5) is 14.3. The number of nitrogens with zero attached hydrogens (tertiary/aromatic N) is 1. The molecule has 114 valence electrons. The first kappa shape index (κ1) is 14.3. The lowest BCUT2D eigenvalue weighted by atomic mass is 10.1. The van der Waals surface area contributed by atoms with Crippen LogP contribution in [0, 0.1) is 0 Å². The van der Waals surface area contributed by atoms with Crippen molar-refractivity contribution in [3.8, 4) is 0 Å². The molecule has 3 fully saturated rings. The molecule has 3 rings (SSSR count). The second-order valence-corrected chi connectivity index (χ2v) is 8.16. The van der Waals surface area contributed by atoms with Crippen molar-refractivity contribution in [3.05, 3.63) is 0 Å². The van der Waals surface area contributed by atoms with Gasteiger partial charge in [0.05, 0.1) is 17.5 Å². The molecule has 3 saturated heterocycles. The van der Waals surface area contributed by atoms with Crippen LogP contribution in [0.2, 0.25) is 0 Å². The van der Waals surface area contributed by atoms with Crippen molar-refractivity contribution in [2.75, 3.05) is 31.2 Å². The minimum absolute atomic E-state index is 0.0621. The monoisotopic (exact) mass is 302 g/mol. The van der Waals surface area contributed by atoms with Crippen LogP contribution in [0.4, 0.5) is 0 Å². The quantitative estimate of drug-likeness (QED) is 0.764. The SMILES string of the molecule is O=C(N[C@@H]1CS(=O)(=O)C[C@H]1N1CCCC1)[C@@H]1CCCO1. The van der Waals surface area contributed by atoms with Crippen LogP contribution in [0.15, 0.2) is 0 Å². The van der Waals surface area contributed by atoms with Crippen LogP contribution in [-0.2, 0) is 19.4 Å². The number of carbonyl (C=O) groups excluding carboxylic acids is 1. The average molecular weight is 302 g/mol. The van der Waals surface area contributed by atoms with Gasteiger partial charge in [-0.05, 0) is 38.8 Å². The molecule has 1 amide bonds. The Morgan fingerprint density at radius 1 is 1.15 bits per heavy atom. The molecule has 7 heteroatoms. The molecule has 3 atom stereocenters. The summed E-state index contributed by atoms with van der Waals surface area (Å²) in [6.45, 7) is 2.50. The number of amides is 1. The number of hydrogen-bond donors (Lipinski definition) is 1. The number of sulfone groups is 1. The highest BCUT2D eigenvalue weighted by atomic mass is 32.2. The van der Waals surface area contributed by atoms with Crippen LogP contribution >= 0.6 is 0 Å². The smallest absolute Gasteiger partial charge is 0.249 e. The fourth-order valence-corrected chi connectivity index (χ4v) is 5.41. The summed E-state index contributed by atoms with van der Waals surface area (Å²) < 4.78 is 29.2. The first-order valence-corrected chi connectivity index (χ1v) is 9.24. The average Bonchev–Trinajstić information content (AvgIpc) is 3.08. The predicted molar refractivity (Wildman–Crippen MR) is 74.2 cm³/mol. The van der Waals surface area contributed by atoms with Crippen LogP contribution < -0.4 is 5.32 Å². The Morgan fingerprint density at radius 3 is 2.55 bits per heavy atom. The van der Waals surface area contributed by atoms with E-state index in [1.165, 1.54) is 0 Å². The summed E-state index contributed by atoms with van der Waals surface area (Å²) in [6.07, 6.45) is 3.47.